The average molecular weight is 246 g/mol. The van der Waals surface area contributed by atoms with Gasteiger partial charge >= 0.3 is 0 Å². The van der Waals surface area contributed by atoms with Gasteiger partial charge in [-0.3, -0.25) is 4.79 Å². The molecule has 0 saturated carbocycles. The van der Waals surface area contributed by atoms with E-state index >= 15 is 0 Å². The minimum absolute atomic E-state index is 0.186. The summed E-state index contributed by atoms with van der Waals surface area (Å²) in [7, 11) is 3.15. The SMILES string of the molecule is COc1ccc(-c2ccc(N)c(=O)[nH]2)c(OC)c1. The molecule has 5 heteroatoms. The van der Waals surface area contributed by atoms with Crippen molar-refractivity contribution in [1.29, 1.82) is 0 Å². The Hall–Kier alpha value is -2.43. The number of H-pyrrole nitrogens is 1. The number of rotatable bonds is 3. The lowest BCUT2D eigenvalue weighted by Crippen LogP contribution is -2.11. The smallest absolute Gasteiger partial charge is 0.271 e. The fraction of sp³-hybridized carbons (Fsp3) is 0.154. The van der Waals surface area contributed by atoms with Crippen molar-refractivity contribution in [2.75, 3.05) is 20.0 Å². The normalized spacial score (nSPS) is 10.1. The van der Waals surface area contributed by atoms with Crippen LogP contribution in [0, 0.1) is 0 Å². The lowest BCUT2D eigenvalue weighted by atomic mass is 10.1. The number of aromatic nitrogens is 1. The third kappa shape index (κ3) is 2.15. The molecule has 0 amide bonds. The number of hydrogen-bond donors (Lipinski definition) is 2. The van der Waals surface area contributed by atoms with Crippen molar-refractivity contribution in [1.82, 2.24) is 4.98 Å². The highest BCUT2D eigenvalue weighted by molar-refractivity contribution is 5.69. The summed E-state index contributed by atoms with van der Waals surface area (Å²) in [5.74, 6) is 1.31. The van der Waals surface area contributed by atoms with E-state index in [1.165, 1.54) is 0 Å². The highest BCUT2D eigenvalue weighted by atomic mass is 16.5. The van der Waals surface area contributed by atoms with Gasteiger partial charge < -0.3 is 20.2 Å². The zero-order valence-corrected chi connectivity index (χ0v) is 10.2. The number of methoxy groups -OCH3 is 2. The number of benzene rings is 1. The van der Waals surface area contributed by atoms with E-state index in [1.807, 2.05) is 6.07 Å². The molecule has 2 rings (SSSR count). The Bertz CT molecular complexity index is 620. The van der Waals surface area contributed by atoms with Crippen molar-refractivity contribution in [3.8, 4) is 22.8 Å². The van der Waals surface area contributed by atoms with Gasteiger partial charge in [0.2, 0.25) is 0 Å². The largest absolute Gasteiger partial charge is 0.497 e. The summed E-state index contributed by atoms with van der Waals surface area (Å²) in [5, 5.41) is 0. The minimum atomic E-state index is -0.314. The summed E-state index contributed by atoms with van der Waals surface area (Å²) in [6.07, 6.45) is 0. The van der Waals surface area contributed by atoms with Crippen molar-refractivity contribution >= 4 is 5.69 Å². The molecular weight excluding hydrogens is 232 g/mol. The second-order valence-corrected chi connectivity index (χ2v) is 3.72. The van der Waals surface area contributed by atoms with Crippen LogP contribution in [0.2, 0.25) is 0 Å². The Morgan fingerprint density at radius 2 is 1.89 bits per heavy atom. The van der Waals surface area contributed by atoms with Crippen LogP contribution in [0.3, 0.4) is 0 Å². The Kier molecular flexibility index (Phi) is 3.23. The molecule has 1 aromatic carbocycles. The lowest BCUT2D eigenvalue weighted by molar-refractivity contribution is 0.395. The Morgan fingerprint density at radius 3 is 2.50 bits per heavy atom. The number of ether oxygens (including phenoxy) is 2. The first-order valence-corrected chi connectivity index (χ1v) is 5.37. The molecule has 0 aliphatic rings. The molecule has 0 radical (unpaired) electrons. The summed E-state index contributed by atoms with van der Waals surface area (Å²) in [4.78, 5) is 14.2. The van der Waals surface area contributed by atoms with Crippen molar-refractivity contribution < 1.29 is 9.47 Å². The van der Waals surface area contributed by atoms with Crippen LogP contribution in [0.25, 0.3) is 11.3 Å². The molecule has 2 aromatic rings. The van der Waals surface area contributed by atoms with E-state index in [1.54, 1.807) is 38.5 Å². The van der Waals surface area contributed by atoms with Gasteiger partial charge in [-0.15, -0.1) is 0 Å². The van der Waals surface area contributed by atoms with Crippen LogP contribution in [0.1, 0.15) is 0 Å². The Labute approximate surface area is 104 Å². The topological polar surface area (TPSA) is 77.3 Å². The number of nitrogens with two attached hydrogens (primary N) is 1. The van der Waals surface area contributed by atoms with Gasteiger partial charge in [0, 0.05) is 11.6 Å². The van der Waals surface area contributed by atoms with E-state index in [0.717, 1.165) is 5.56 Å². The van der Waals surface area contributed by atoms with Gasteiger partial charge in [-0.2, -0.15) is 0 Å². The van der Waals surface area contributed by atoms with Crippen LogP contribution in [0.15, 0.2) is 35.1 Å². The fourth-order valence-corrected chi connectivity index (χ4v) is 1.66. The molecule has 0 aliphatic carbocycles. The van der Waals surface area contributed by atoms with Crippen LogP contribution in [-0.4, -0.2) is 19.2 Å². The maximum Gasteiger partial charge on any atom is 0.271 e. The number of anilines is 1. The predicted octanol–water partition coefficient (Wildman–Crippen LogP) is 1.64. The van der Waals surface area contributed by atoms with Gasteiger partial charge in [-0.05, 0) is 24.3 Å². The van der Waals surface area contributed by atoms with Crippen LogP contribution >= 0.6 is 0 Å². The zero-order chi connectivity index (χ0) is 13.1. The summed E-state index contributed by atoms with van der Waals surface area (Å²) in [5.41, 5.74) is 6.78. The number of pyridine rings is 1. The highest BCUT2D eigenvalue weighted by Crippen LogP contribution is 2.31. The van der Waals surface area contributed by atoms with Crippen molar-refractivity contribution in [2.24, 2.45) is 0 Å². The minimum Gasteiger partial charge on any atom is -0.497 e. The van der Waals surface area contributed by atoms with Crippen LogP contribution < -0.4 is 20.8 Å². The number of aromatic amines is 1. The molecule has 5 nitrogen and oxygen atoms in total. The van der Waals surface area contributed by atoms with Gasteiger partial charge in [-0.1, -0.05) is 0 Å². The second-order valence-electron chi connectivity index (χ2n) is 3.72. The molecule has 1 aromatic heterocycles. The zero-order valence-electron chi connectivity index (χ0n) is 10.2. The van der Waals surface area contributed by atoms with E-state index in [9.17, 15) is 4.79 Å². The van der Waals surface area contributed by atoms with Gasteiger partial charge in [0.15, 0.2) is 0 Å². The monoisotopic (exact) mass is 246 g/mol. The molecule has 3 N–H and O–H groups in total. The summed E-state index contributed by atoms with van der Waals surface area (Å²) in [6.45, 7) is 0. The summed E-state index contributed by atoms with van der Waals surface area (Å²) < 4.78 is 10.4. The molecule has 18 heavy (non-hydrogen) atoms. The van der Waals surface area contributed by atoms with E-state index in [-0.39, 0.29) is 11.2 Å². The summed E-state index contributed by atoms with van der Waals surface area (Å²) in [6, 6.07) is 8.68. The van der Waals surface area contributed by atoms with E-state index < -0.39 is 0 Å². The van der Waals surface area contributed by atoms with E-state index in [2.05, 4.69) is 4.98 Å². The van der Waals surface area contributed by atoms with Crippen LogP contribution in [-0.2, 0) is 0 Å². The molecule has 0 aliphatic heterocycles. The quantitative estimate of drug-likeness (QED) is 0.863. The molecule has 94 valence electrons. The summed E-state index contributed by atoms with van der Waals surface area (Å²) >= 11 is 0. The Morgan fingerprint density at radius 1 is 1.11 bits per heavy atom. The molecule has 0 atom stereocenters. The third-order valence-electron chi connectivity index (χ3n) is 2.64. The highest BCUT2D eigenvalue weighted by Gasteiger charge is 2.08. The van der Waals surface area contributed by atoms with Crippen LogP contribution in [0.4, 0.5) is 5.69 Å². The molecule has 0 bridgehead atoms. The third-order valence-corrected chi connectivity index (χ3v) is 2.64. The number of nitrogens with one attached hydrogen (secondary N) is 1. The van der Waals surface area contributed by atoms with Gasteiger partial charge in [0.25, 0.3) is 5.56 Å². The predicted molar refractivity (Wildman–Crippen MR) is 70.0 cm³/mol. The van der Waals surface area contributed by atoms with Crippen molar-refractivity contribution in [2.45, 2.75) is 0 Å². The number of hydrogen-bond acceptors (Lipinski definition) is 4. The van der Waals surface area contributed by atoms with Crippen LogP contribution in [0.5, 0.6) is 11.5 Å². The first kappa shape index (κ1) is 12.0. The first-order valence-electron chi connectivity index (χ1n) is 5.37. The molecule has 0 saturated heterocycles. The van der Waals surface area contributed by atoms with Crippen molar-refractivity contribution in [3.63, 3.8) is 0 Å². The maximum atomic E-state index is 11.5. The van der Waals surface area contributed by atoms with Crippen molar-refractivity contribution in [3.05, 3.63) is 40.7 Å². The molecule has 1 heterocycles. The second kappa shape index (κ2) is 4.83. The molecule has 0 spiro atoms. The van der Waals surface area contributed by atoms with Gasteiger partial charge in [0.1, 0.15) is 11.5 Å². The van der Waals surface area contributed by atoms with Gasteiger partial charge in [0.05, 0.1) is 25.6 Å². The standard InChI is InChI=1S/C13H14N2O3/c1-17-8-3-4-9(12(7-8)18-2)11-6-5-10(14)13(16)15-11/h3-7H,14H2,1-2H3,(H,15,16). The fourth-order valence-electron chi connectivity index (χ4n) is 1.66. The molecular formula is C13H14N2O3. The molecule has 0 fully saturated rings. The molecule has 0 unspecified atom stereocenters. The van der Waals surface area contributed by atoms with Gasteiger partial charge in [-0.25, -0.2) is 0 Å². The van der Waals surface area contributed by atoms with E-state index in [4.69, 9.17) is 15.2 Å². The average Bonchev–Trinajstić information content (AvgIpc) is 2.41. The Balaban J connectivity index is 2.56. The lowest BCUT2D eigenvalue weighted by Gasteiger charge is -2.10. The maximum absolute atomic E-state index is 11.5. The number of nitrogen functional groups attached to an aromatic ring is 1. The first-order chi connectivity index (χ1) is 8.65. The van der Waals surface area contributed by atoms with E-state index in [0.29, 0.717) is 17.2 Å².